The van der Waals surface area contributed by atoms with E-state index in [1.165, 1.54) is 37.7 Å². The van der Waals surface area contributed by atoms with E-state index in [0.717, 1.165) is 11.8 Å². The topological polar surface area (TPSA) is 97.6 Å². The maximum absolute atomic E-state index is 14.5. The number of halogens is 2. The number of methoxy groups -OCH3 is 1. The van der Waals surface area contributed by atoms with Crippen molar-refractivity contribution < 1.29 is 21.9 Å². The number of fused-ring (bicyclic) bond motifs is 1. The molecule has 0 aliphatic heterocycles. The fraction of sp³-hybridized carbons (Fsp3) is 0.143. The minimum atomic E-state index is -3.60. The molecule has 0 atom stereocenters. The standard InChI is InChI=1S/C21H19F2N5O3S/c1-31-19-10-15(22)5-3-14(19)11-24-20-8-6-16(21-26-25-12-28(20)21)13-4-7-18(17(23)9-13)27-32(2,29)30/h3-10,12,24,27H,11H2,1-2H3. The highest BCUT2D eigenvalue weighted by atomic mass is 32.2. The molecule has 4 rings (SSSR count). The second kappa shape index (κ2) is 8.42. The predicted molar refractivity (Wildman–Crippen MR) is 117 cm³/mol. The second-order valence-corrected chi connectivity index (χ2v) is 8.78. The van der Waals surface area contributed by atoms with Gasteiger partial charge in [-0.1, -0.05) is 12.1 Å². The molecule has 32 heavy (non-hydrogen) atoms. The molecule has 0 spiro atoms. The first-order valence-electron chi connectivity index (χ1n) is 9.42. The SMILES string of the molecule is COc1cc(F)ccc1CNc1ccc(-c2ccc(NS(C)(=O)=O)c(F)c2)c2nncn12. The second-order valence-electron chi connectivity index (χ2n) is 7.04. The predicted octanol–water partition coefficient (Wildman–Crippen LogP) is 3.67. The first-order valence-corrected chi connectivity index (χ1v) is 11.3. The van der Waals surface area contributed by atoms with Crippen molar-refractivity contribution in [3.05, 3.63) is 72.1 Å². The Morgan fingerprint density at radius 3 is 2.62 bits per heavy atom. The summed E-state index contributed by atoms with van der Waals surface area (Å²) < 4.78 is 59.7. The highest BCUT2D eigenvalue weighted by Gasteiger charge is 2.14. The van der Waals surface area contributed by atoms with Crippen LogP contribution < -0.4 is 14.8 Å². The van der Waals surface area contributed by atoms with Crippen LogP contribution in [0.3, 0.4) is 0 Å². The van der Waals surface area contributed by atoms with Crippen molar-refractivity contribution in [1.82, 2.24) is 14.6 Å². The van der Waals surface area contributed by atoms with Gasteiger partial charge < -0.3 is 10.1 Å². The molecule has 0 saturated heterocycles. The van der Waals surface area contributed by atoms with Crippen LogP contribution in [0.5, 0.6) is 5.75 Å². The largest absolute Gasteiger partial charge is 0.496 e. The first kappa shape index (κ1) is 21.5. The van der Waals surface area contributed by atoms with Crippen molar-refractivity contribution in [2.75, 3.05) is 23.4 Å². The van der Waals surface area contributed by atoms with Crippen molar-refractivity contribution in [1.29, 1.82) is 0 Å². The van der Waals surface area contributed by atoms with Crippen LogP contribution in [0.15, 0.2) is 54.9 Å². The van der Waals surface area contributed by atoms with Crippen LogP contribution in [0.25, 0.3) is 16.8 Å². The number of anilines is 2. The molecule has 11 heteroatoms. The summed E-state index contributed by atoms with van der Waals surface area (Å²) >= 11 is 0. The minimum absolute atomic E-state index is 0.139. The molecule has 0 radical (unpaired) electrons. The molecular formula is C21H19F2N5O3S. The lowest BCUT2D eigenvalue weighted by molar-refractivity contribution is 0.406. The van der Waals surface area contributed by atoms with Crippen molar-refractivity contribution in [3.63, 3.8) is 0 Å². The lowest BCUT2D eigenvalue weighted by Crippen LogP contribution is -2.10. The smallest absolute Gasteiger partial charge is 0.229 e. The zero-order valence-corrected chi connectivity index (χ0v) is 18.0. The van der Waals surface area contributed by atoms with Crippen LogP contribution in [0.2, 0.25) is 0 Å². The number of rotatable bonds is 7. The summed E-state index contributed by atoms with van der Waals surface area (Å²) in [4.78, 5) is 0. The molecule has 0 saturated carbocycles. The fourth-order valence-corrected chi connectivity index (χ4v) is 3.86. The number of hydrogen-bond donors (Lipinski definition) is 2. The van der Waals surface area contributed by atoms with Gasteiger partial charge in [0.1, 0.15) is 29.5 Å². The quantitative estimate of drug-likeness (QED) is 0.438. The molecule has 0 unspecified atom stereocenters. The first-order chi connectivity index (χ1) is 15.2. The zero-order chi connectivity index (χ0) is 22.9. The van der Waals surface area contributed by atoms with Crippen molar-refractivity contribution in [2.45, 2.75) is 6.54 Å². The van der Waals surface area contributed by atoms with Gasteiger partial charge in [0.05, 0.1) is 19.1 Å². The number of sulfonamides is 1. The zero-order valence-electron chi connectivity index (χ0n) is 17.1. The lowest BCUT2D eigenvalue weighted by atomic mass is 10.1. The van der Waals surface area contributed by atoms with Gasteiger partial charge in [-0.2, -0.15) is 0 Å². The van der Waals surface area contributed by atoms with E-state index in [1.54, 1.807) is 28.7 Å². The van der Waals surface area contributed by atoms with Crippen molar-refractivity contribution in [2.24, 2.45) is 0 Å². The fourth-order valence-electron chi connectivity index (χ4n) is 3.30. The van der Waals surface area contributed by atoms with Crippen LogP contribution in [-0.4, -0.2) is 36.4 Å². The average Bonchev–Trinajstić information content (AvgIpc) is 3.23. The van der Waals surface area contributed by atoms with Gasteiger partial charge in [-0.25, -0.2) is 17.2 Å². The number of pyridine rings is 1. The summed E-state index contributed by atoms with van der Waals surface area (Å²) in [6.07, 6.45) is 2.46. The number of aromatic nitrogens is 3. The summed E-state index contributed by atoms with van der Waals surface area (Å²) in [7, 11) is -2.13. The molecule has 0 fully saturated rings. The number of hydrogen-bond acceptors (Lipinski definition) is 6. The Kier molecular flexibility index (Phi) is 5.66. The summed E-state index contributed by atoms with van der Waals surface area (Å²) in [5.74, 6) is -0.0133. The van der Waals surface area contributed by atoms with Gasteiger partial charge in [0.25, 0.3) is 0 Å². The molecule has 2 N–H and O–H groups in total. The highest BCUT2D eigenvalue weighted by molar-refractivity contribution is 7.92. The van der Waals surface area contributed by atoms with Gasteiger partial charge in [0, 0.05) is 23.7 Å². The summed E-state index contributed by atoms with van der Waals surface area (Å²) in [5.41, 5.74) is 2.21. The molecule has 2 aromatic heterocycles. The summed E-state index contributed by atoms with van der Waals surface area (Å²) in [6, 6.07) is 12.0. The number of nitrogens with one attached hydrogen (secondary N) is 2. The Bertz CT molecular complexity index is 1410. The average molecular weight is 459 g/mol. The van der Waals surface area contributed by atoms with E-state index in [2.05, 4.69) is 20.2 Å². The highest BCUT2D eigenvalue weighted by Crippen LogP contribution is 2.29. The third-order valence-electron chi connectivity index (χ3n) is 4.74. The Hall–Kier alpha value is -3.73. The lowest BCUT2D eigenvalue weighted by Gasteiger charge is -2.13. The molecular weight excluding hydrogens is 440 g/mol. The van der Waals surface area contributed by atoms with E-state index >= 15 is 0 Å². The van der Waals surface area contributed by atoms with Gasteiger partial charge in [-0.05, 0) is 35.9 Å². The van der Waals surface area contributed by atoms with Crippen LogP contribution in [0, 0.1) is 11.6 Å². The van der Waals surface area contributed by atoms with Gasteiger partial charge >= 0.3 is 0 Å². The van der Waals surface area contributed by atoms with E-state index in [1.807, 2.05) is 0 Å². The molecule has 8 nitrogen and oxygen atoms in total. The van der Waals surface area contributed by atoms with E-state index in [0.29, 0.717) is 34.9 Å². The van der Waals surface area contributed by atoms with Crippen LogP contribution in [0.4, 0.5) is 20.3 Å². The Morgan fingerprint density at radius 1 is 1.09 bits per heavy atom. The van der Waals surface area contributed by atoms with Gasteiger partial charge in [0.2, 0.25) is 10.0 Å². The van der Waals surface area contributed by atoms with E-state index in [4.69, 9.17) is 4.74 Å². The normalized spacial score (nSPS) is 11.5. The van der Waals surface area contributed by atoms with Crippen molar-refractivity contribution in [3.8, 4) is 16.9 Å². The molecule has 166 valence electrons. The van der Waals surface area contributed by atoms with Crippen LogP contribution in [-0.2, 0) is 16.6 Å². The van der Waals surface area contributed by atoms with Crippen LogP contribution in [0.1, 0.15) is 5.56 Å². The Morgan fingerprint density at radius 2 is 1.91 bits per heavy atom. The third-order valence-corrected chi connectivity index (χ3v) is 5.33. The molecule has 4 aromatic rings. The minimum Gasteiger partial charge on any atom is -0.496 e. The summed E-state index contributed by atoms with van der Waals surface area (Å²) in [6.45, 7) is 0.358. The number of benzene rings is 2. The monoisotopic (exact) mass is 459 g/mol. The third kappa shape index (κ3) is 4.47. The van der Waals surface area contributed by atoms with Crippen LogP contribution >= 0.6 is 0 Å². The molecule has 0 aliphatic carbocycles. The van der Waals surface area contributed by atoms with Gasteiger partial charge in [-0.3, -0.25) is 9.12 Å². The molecule has 2 heterocycles. The number of nitrogens with zero attached hydrogens (tertiary/aromatic N) is 3. The Labute approximate surface area is 182 Å². The van der Waals surface area contributed by atoms with Crippen molar-refractivity contribution >= 4 is 27.2 Å². The molecule has 0 aliphatic rings. The van der Waals surface area contributed by atoms with Gasteiger partial charge in [0.15, 0.2) is 5.65 Å². The molecule has 0 amide bonds. The maximum atomic E-state index is 14.5. The molecule has 2 aromatic carbocycles. The summed E-state index contributed by atoms with van der Waals surface area (Å²) in [5, 5.41) is 11.3. The Balaban J connectivity index is 1.64. The van der Waals surface area contributed by atoms with Gasteiger partial charge in [-0.15, -0.1) is 10.2 Å². The van der Waals surface area contributed by atoms with E-state index in [-0.39, 0.29) is 11.5 Å². The number of ether oxygens (including phenoxy) is 1. The molecule has 0 bridgehead atoms. The van der Waals surface area contributed by atoms with E-state index < -0.39 is 15.8 Å². The maximum Gasteiger partial charge on any atom is 0.229 e. The van der Waals surface area contributed by atoms with E-state index in [9.17, 15) is 17.2 Å².